The van der Waals surface area contributed by atoms with Gasteiger partial charge >= 0.3 is 0 Å². The van der Waals surface area contributed by atoms with E-state index in [2.05, 4.69) is 61.2 Å². The highest BCUT2D eigenvalue weighted by Crippen LogP contribution is 2.43. The lowest BCUT2D eigenvalue weighted by atomic mass is 9.91. The number of fused-ring (bicyclic) bond motifs is 1. The van der Waals surface area contributed by atoms with Crippen molar-refractivity contribution in [1.29, 1.82) is 0 Å². The molecule has 2 heterocycles. The van der Waals surface area contributed by atoms with E-state index in [0.29, 0.717) is 6.04 Å². The van der Waals surface area contributed by atoms with Crippen molar-refractivity contribution in [2.45, 2.75) is 39.3 Å². The summed E-state index contributed by atoms with van der Waals surface area (Å²) in [5, 5.41) is 0.802. The number of aryl methyl sites for hydroxylation is 1. The summed E-state index contributed by atoms with van der Waals surface area (Å²) < 4.78 is 0. The zero-order valence-corrected chi connectivity index (χ0v) is 16.9. The Balaban J connectivity index is 1.75. The molecule has 1 aliphatic heterocycles. The van der Waals surface area contributed by atoms with Crippen molar-refractivity contribution < 1.29 is 0 Å². The molecule has 0 radical (unpaired) electrons. The van der Waals surface area contributed by atoms with Crippen LogP contribution in [0.5, 0.6) is 0 Å². The van der Waals surface area contributed by atoms with Crippen LogP contribution in [-0.2, 0) is 19.4 Å². The van der Waals surface area contributed by atoms with Crippen LogP contribution in [0.2, 0.25) is 5.02 Å². The standard InChI is InChI=1S/C23H24ClNS/c1-3-20-16(2)26-23-21(20)13-14-25(15-17-9-11-19(24)12-10-17)22(23)18-7-5-4-6-8-18/h4-12,22H,3,13-15H2,1-2H3/t22-/m0/s1. The van der Waals surface area contributed by atoms with E-state index in [1.54, 1.807) is 16.0 Å². The first-order valence-corrected chi connectivity index (χ1v) is 10.5. The molecule has 4 rings (SSSR count). The highest BCUT2D eigenvalue weighted by Gasteiger charge is 2.32. The minimum atomic E-state index is 0.347. The Kier molecular flexibility index (Phi) is 5.17. The van der Waals surface area contributed by atoms with Gasteiger partial charge in [-0.2, -0.15) is 0 Å². The third-order valence-corrected chi connectivity index (χ3v) is 6.87. The molecule has 1 aromatic heterocycles. The Morgan fingerprint density at radius 1 is 1.08 bits per heavy atom. The summed E-state index contributed by atoms with van der Waals surface area (Å²) in [5.41, 5.74) is 5.90. The molecule has 1 atom stereocenters. The zero-order chi connectivity index (χ0) is 18.1. The summed E-state index contributed by atoms with van der Waals surface area (Å²) in [6, 6.07) is 19.6. The van der Waals surface area contributed by atoms with E-state index >= 15 is 0 Å². The number of thiophene rings is 1. The molecule has 2 aromatic carbocycles. The first kappa shape index (κ1) is 17.8. The molecule has 0 bridgehead atoms. The minimum Gasteiger partial charge on any atom is -0.287 e. The van der Waals surface area contributed by atoms with Crippen molar-refractivity contribution in [3.63, 3.8) is 0 Å². The highest BCUT2D eigenvalue weighted by molar-refractivity contribution is 7.12. The van der Waals surface area contributed by atoms with Gasteiger partial charge in [-0.15, -0.1) is 11.3 Å². The number of benzene rings is 2. The van der Waals surface area contributed by atoms with Crippen molar-refractivity contribution in [3.05, 3.63) is 91.6 Å². The van der Waals surface area contributed by atoms with Gasteiger partial charge in [0.25, 0.3) is 0 Å². The van der Waals surface area contributed by atoms with E-state index in [1.165, 1.54) is 16.0 Å². The average Bonchev–Trinajstić information content (AvgIpc) is 2.99. The van der Waals surface area contributed by atoms with Crippen LogP contribution < -0.4 is 0 Å². The van der Waals surface area contributed by atoms with Gasteiger partial charge in [-0.25, -0.2) is 0 Å². The molecule has 3 heteroatoms. The average molecular weight is 382 g/mol. The van der Waals surface area contributed by atoms with Crippen molar-refractivity contribution in [3.8, 4) is 0 Å². The predicted molar refractivity (Wildman–Crippen MR) is 112 cm³/mol. The third kappa shape index (κ3) is 3.34. The summed E-state index contributed by atoms with van der Waals surface area (Å²) in [6.45, 7) is 6.62. The van der Waals surface area contributed by atoms with Gasteiger partial charge in [-0.05, 0) is 54.2 Å². The molecule has 3 aromatic rings. The Labute approximate surface area is 165 Å². The quantitative estimate of drug-likeness (QED) is 0.504. The molecule has 0 saturated heterocycles. The molecular formula is C23H24ClNS. The van der Waals surface area contributed by atoms with Crippen LogP contribution in [0.4, 0.5) is 0 Å². The second-order valence-electron chi connectivity index (χ2n) is 6.99. The molecule has 1 aliphatic rings. The van der Waals surface area contributed by atoms with E-state index < -0.39 is 0 Å². The van der Waals surface area contributed by atoms with Crippen LogP contribution in [-0.4, -0.2) is 11.4 Å². The SMILES string of the molecule is CCc1c(C)sc2c1CCN(Cc1ccc(Cl)cc1)[C@H]2c1ccccc1. The van der Waals surface area contributed by atoms with Gasteiger partial charge < -0.3 is 0 Å². The van der Waals surface area contributed by atoms with Crippen LogP contribution >= 0.6 is 22.9 Å². The molecule has 0 N–H and O–H groups in total. The Hall–Kier alpha value is -1.61. The van der Waals surface area contributed by atoms with Crippen molar-refractivity contribution in [2.75, 3.05) is 6.54 Å². The van der Waals surface area contributed by atoms with E-state index in [4.69, 9.17) is 11.6 Å². The van der Waals surface area contributed by atoms with Crippen LogP contribution in [0.25, 0.3) is 0 Å². The molecule has 134 valence electrons. The molecule has 0 unspecified atom stereocenters. The number of rotatable bonds is 4. The van der Waals surface area contributed by atoms with E-state index in [9.17, 15) is 0 Å². The maximum Gasteiger partial charge on any atom is 0.0702 e. The van der Waals surface area contributed by atoms with E-state index in [-0.39, 0.29) is 0 Å². The molecule has 0 spiro atoms. The fraction of sp³-hybridized carbons (Fsp3) is 0.304. The lowest BCUT2D eigenvalue weighted by Gasteiger charge is -2.36. The van der Waals surface area contributed by atoms with Crippen LogP contribution in [0.15, 0.2) is 54.6 Å². The zero-order valence-electron chi connectivity index (χ0n) is 15.3. The van der Waals surface area contributed by atoms with Gasteiger partial charge in [0.05, 0.1) is 6.04 Å². The van der Waals surface area contributed by atoms with Crippen LogP contribution in [0.3, 0.4) is 0 Å². The molecule has 26 heavy (non-hydrogen) atoms. The summed E-state index contributed by atoms with van der Waals surface area (Å²) in [5.74, 6) is 0. The van der Waals surface area contributed by atoms with Crippen molar-refractivity contribution >= 4 is 22.9 Å². The van der Waals surface area contributed by atoms with Gasteiger partial charge in [0.2, 0.25) is 0 Å². The first-order chi connectivity index (χ1) is 12.7. The highest BCUT2D eigenvalue weighted by atomic mass is 35.5. The molecule has 0 amide bonds. The number of nitrogens with zero attached hydrogens (tertiary/aromatic N) is 1. The second kappa shape index (κ2) is 7.56. The van der Waals surface area contributed by atoms with Gasteiger partial charge in [0.1, 0.15) is 0 Å². The molecule has 0 aliphatic carbocycles. The fourth-order valence-corrected chi connectivity index (χ4v) is 5.74. The van der Waals surface area contributed by atoms with E-state index in [1.807, 2.05) is 23.5 Å². The molecule has 1 nitrogen and oxygen atoms in total. The fourth-order valence-electron chi connectivity index (χ4n) is 4.15. The smallest absolute Gasteiger partial charge is 0.0702 e. The molecule has 0 saturated carbocycles. The first-order valence-electron chi connectivity index (χ1n) is 9.32. The Morgan fingerprint density at radius 3 is 2.50 bits per heavy atom. The topological polar surface area (TPSA) is 3.24 Å². The molecule has 0 fully saturated rings. The maximum absolute atomic E-state index is 6.07. The minimum absolute atomic E-state index is 0.347. The lowest BCUT2D eigenvalue weighted by Crippen LogP contribution is -2.35. The van der Waals surface area contributed by atoms with Gasteiger partial charge in [0, 0.05) is 27.9 Å². The normalized spacial score (nSPS) is 17.3. The third-order valence-electron chi connectivity index (χ3n) is 5.38. The molecular weight excluding hydrogens is 358 g/mol. The monoisotopic (exact) mass is 381 g/mol. The van der Waals surface area contributed by atoms with Crippen molar-refractivity contribution in [1.82, 2.24) is 4.90 Å². The van der Waals surface area contributed by atoms with Crippen LogP contribution in [0.1, 0.15) is 45.0 Å². The Morgan fingerprint density at radius 2 is 1.81 bits per heavy atom. The summed E-state index contributed by atoms with van der Waals surface area (Å²) in [6.07, 6.45) is 2.29. The van der Waals surface area contributed by atoms with Crippen molar-refractivity contribution in [2.24, 2.45) is 0 Å². The van der Waals surface area contributed by atoms with Gasteiger partial charge in [0.15, 0.2) is 0 Å². The largest absolute Gasteiger partial charge is 0.287 e. The predicted octanol–water partition coefficient (Wildman–Crippen LogP) is 6.42. The second-order valence-corrected chi connectivity index (χ2v) is 8.69. The Bertz CT molecular complexity index is 883. The summed E-state index contributed by atoms with van der Waals surface area (Å²) >= 11 is 8.07. The number of hydrogen-bond acceptors (Lipinski definition) is 2. The number of halogens is 1. The van der Waals surface area contributed by atoms with Gasteiger partial charge in [-0.1, -0.05) is 61.0 Å². The van der Waals surface area contributed by atoms with E-state index in [0.717, 1.165) is 31.0 Å². The van der Waals surface area contributed by atoms with Crippen LogP contribution in [0, 0.1) is 6.92 Å². The number of hydrogen-bond donors (Lipinski definition) is 0. The summed E-state index contributed by atoms with van der Waals surface area (Å²) in [4.78, 5) is 5.66. The lowest BCUT2D eigenvalue weighted by molar-refractivity contribution is 0.207. The van der Waals surface area contributed by atoms with Gasteiger partial charge in [-0.3, -0.25) is 4.90 Å². The maximum atomic E-state index is 6.07. The summed E-state index contributed by atoms with van der Waals surface area (Å²) in [7, 11) is 0.